The van der Waals surface area contributed by atoms with Gasteiger partial charge in [0.2, 0.25) is 0 Å². The smallest absolute Gasteiger partial charge is 0.131 e. The summed E-state index contributed by atoms with van der Waals surface area (Å²) in [5, 5.41) is 9.30. The SMILES string of the molecule is Cc1cc(Nc2ccccc2Nc2cc(C)c3ccccc3n2)nc2ccccc12.Cl.Cl. The van der Waals surface area contributed by atoms with Crippen molar-refractivity contribution in [3.05, 3.63) is 96.1 Å². The topological polar surface area (TPSA) is 49.8 Å². The highest BCUT2D eigenvalue weighted by atomic mass is 35.5. The molecule has 0 saturated heterocycles. The van der Waals surface area contributed by atoms with Crippen molar-refractivity contribution >= 4 is 69.6 Å². The fourth-order valence-electron chi connectivity index (χ4n) is 3.80. The third-order valence-electron chi connectivity index (χ3n) is 5.30. The van der Waals surface area contributed by atoms with E-state index in [4.69, 9.17) is 9.97 Å². The van der Waals surface area contributed by atoms with E-state index in [-0.39, 0.29) is 24.8 Å². The van der Waals surface area contributed by atoms with Gasteiger partial charge in [0.05, 0.1) is 22.4 Å². The molecule has 0 aliphatic carbocycles. The van der Waals surface area contributed by atoms with E-state index in [1.54, 1.807) is 0 Å². The van der Waals surface area contributed by atoms with Gasteiger partial charge in [0, 0.05) is 10.8 Å². The molecule has 5 rings (SSSR count). The monoisotopic (exact) mass is 462 g/mol. The summed E-state index contributed by atoms with van der Waals surface area (Å²) in [5.41, 5.74) is 6.26. The zero-order chi connectivity index (χ0) is 20.5. The Bertz CT molecular complexity index is 1280. The van der Waals surface area contributed by atoms with Crippen molar-refractivity contribution in [3.63, 3.8) is 0 Å². The maximum absolute atomic E-state index is 4.78. The van der Waals surface area contributed by atoms with Crippen LogP contribution in [-0.4, -0.2) is 9.97 Å². The Kier molecular flexibility index (Phi) is 7.18. The summed E-state index contributed by atoms with van der Waals surface area (Å²) in [5.74, 6) is 1.64. The molecule has 6 heteroatoms. The molecule has 0 amide bonds. The number of hydrogen-bond acceptors (Lipinski definition) is 4. The lowest BCUT2D eigenvalue weighted by atomic mass is 10.1. The molecule has 32 heavy (non-hydrogen) atoms. The van der Waals surface area contributed by atoms with E-state index in [0.717, 1.165) is 34.0 Å². The van der Waals surface area contributed by atoms with Crippen molar-refractivity contribution in [2.45, 2.75) is 13.8 Å². The molecule has 5 aromatic rings. The van der Waals surface area contributed by atoms with Gasteiger partial charge in [-0.1, -0.05) is 48.5 Å². The minimum Gasteiger partial charge on any atom is -0.339 e. The molecule has 0 radical (unpaired) electrons. The highest BCUT2D eigenvalue weighted by Crippen LogP contribution is 2.30. The van der Waals surface area contributed by atoms with Crippen LogP contribution in [0, 0.1) is 13.8 Å². The number of rotatable bonds is 4. The minimum absolute atomic E-state index is 0. The quantitative estimate of drug-likeness (QED) is 0.286. The van der Waals surface area contributed by atoms with Gasteiger partial charge in [0.25, 0.3) is 0 Å². The van der Waals surface area contributed by atoms with Crippen LogP contribution in [0.2, 0.25) is 0 Å². The van der Waals surface area contributed by atoms with Gasteiger partial charge in [-0.3, -0.25) is 0 Å². The first-order valence-corrected chi connectivity index (χ1v) is 10.0. The molecule has 162 valence electrons. The van der Waals surface area contributed by atoms with Crippen molar-refractivity contribution in [3.8, 4) is 0 Å². The van der Waals surface area contributed by atoms with Crippen LogP contribution in [0.3, 0.4) is 0 Å². The summed E-state index contributed by atoms with van der Waals surface area (Å²) < 4.78 is 0. The van der Waals surface area contributed by atoms with Crippen LogP contribution in [0.5, 0.6) is 0 Å². The number of hydrogen-bond donors (Lipinski definition) is 2. The molecular weight excluding hydrogens is 439 g/mol. The number of fused-ring (bicyclic) bond motifs is 2. The van der Waals surface area contributed by atoms with Crippen molar-refractivity contribution in [1.82, 2.24) is 9.97 Å². The second-order valence-electron chi connectivity index (χ2n) is 7.48. The molecule has 0 fully saturated rings. The van der Waals surface area contributed by atoms with Gasteiger partial charge in [-0.2, -0.15) is 0 Å². The van der Waals surface area contributed by atoms with Crippen LogP contribution in [0.15, 0.2) is 84.9 Å². The molecular formula is C26H24Cl2N4. The van der Waals surface area contributed by atoms with E-state index in [0.29, 0.717) is 0 Å². The molecule has 0 aliphatic heterocycles. The third-order valence-corrected chi connectivity index (χ3v) is 5.30. The number of benzene rings is 3. The van der Waals surface area contributed by atoms with Gasteiger partial charge < -0.3 is 10.6 Å². The number of para-hydroxylation sites is 4. The molecule has 0 spiro atoms. The summed E-state index contributed by atoms with van der Waals surface area (Å²) >= 11 is 0. The molecule has 0 unspecified atom stereocenters. The van der Waals surface area contributed by atoms with E-state index in [2.05, 4.69) is 48.7 Å². The predicted octanol–water partition coefficient (Wildman–Crippen LogP) is 7.73. The molecule has 4 nitrogen and oxygen atoms in total. The van der Waals surface area contributed by atoms with Crippen LogP contribution in [-0.2, 0) is 0 Å². The first-order valence-electron chi connectivity index (χ1n) is 10.0. The Morgan fingerprint density at radius 1 is 0.531 bits per heavy atom. The van der Waals surface area contributed by atoms with Gasteiger partial charge in [0.15, 0.2) is 0 Å². The number of nitrogens with zero attached hydrogens (tertiary/aromatic N) is 2. The summed E-state index contributed by atoms with van der Waals surface area (Å²) in [4.78, 5) is 9.56. The third kappa shape index (κ3) is 4.62. The van der Waals surface area contributed by atoms with Gasteiger partial charge in [-0.15, -0.1) is 24.8 Å². The van der Waals surface area contributed by atoms with Crippen molar-refractivity contribution in [1.29, 1.82) is 0 Å². The molecule has 0 atom stereocenters. The Balaban J connectivity index is 0.00000144. The number of pyridine rings is 2. The molecule has 0 aliphatic rings. The van der Waals surface area contributed by atoms with E-state index in [1.807, 2.05) is 60.7 Å². The van der Waals surface area contributed by atoms with Gasteiger partial charge in [-0.05, 0) is 61.4 Å². The zero-order valence-corrected chi connectivity index (χ0v) is 19.4. The second-order valence-corrected chi connectivity index (χ2v) is 7.48. The maximum atomic E-state index is 4.78. The van der Waals surface area contributed by atoms with E-state index in [9.17, 15) is 0 Å². The minimum atomic E-state index is 0. The van der Waals surface area contributed by atoms with E-state index < -0.39 is 0 Å². The van der Waals surface area contributed by atoms with Crippen molar-refractivity contribution in [2.75, 3.05) is 10.6 Å². The lowest BCUT2D eigenvalue weighted by Gasteiger charge is -2.15. The van der Waals surface area contributed by atoms with Crippen LogP contribution in [0.4, 0.5) is 23.0 Å². The van der Waals surface area contributed by atoms with Crippen LogP contribution >= 0.6 is 24.8 Å². The average Bonchev–Trinajstić information content (AvgIpc) is 2.75. The number of aryl methyl sites for hydroxylation is 2. The molecule has 0 bridgehead atoms. The van der Waals surface area contributed by atoms with Gasteiger partial charge in [-0.25, -0.2) is 9.97 Å². The molecule has 2 N–H and O–H groups in total. The largest absolute Gasteiger partial charge is 0.339 e. The average molecular weight is 463 g/mol. The molecule has 3 aromatic carbocycles. The Labute approximate surface area is 199 Å². The fraction of sp³-hybridized carbons (Fsp3) is 0.0769. The highest BCUT2D eigenvalue weighted by molar-refractivity contribution is 5.87. The second kappa shape index (κ2) is 9.86. The summed E-state index contributed by atoms with van der Waals surface area (Å²) in [7, 11) is 0. The first-order chi connectivity index (χ1) is 14.7. The predicted molar refractivity (Wildman–Crippen MR) is 140 cm³/mol. The van der Waals surface area contributed by atoms with Crippen LogP contribution < -0.4 is 10.6 Å². The standard InChI is InChI=1S/C26H22N4.2ClH/c1-17-15-25(27-21-11-5-3-9-19(17)21)29-23-13-7-8-14-24(23)30-26-16-18(2)20-10-4-6-12-22(20)28-26;;/h3-16H,1-2H3,(H,27,29)(H,28,30);2*1H. The van der Waals surface area contributed by atoms with E-state index >= 15 is 0 Å². The lowest BCUT2D eigenvalue weighted by Crippen LogP contribution is -2.01. The fourth-order valence-corrected chi connectivity index (χ4v) is 3.80. The Morgan fingerprint density at radius 3 is 1.34 bits per heavy atom. The maximum Gasteiger partial charge on any atom is 0.131 e. The van der Waals surface area contributed by atoms with Gasteiger partial charge in [0.1, 0.15) is 11.6 Å². The van der Waals surface area contributed by atoms with Gasteiger partial charge >= 0.3 is 0 Å². The number of halogens is 2. The lowest BCUT2D eigenvalue weighted by molar-refractivity contribution is 1.32. The summed E-state index contributed by atoms with van der Waals surface area (Å²) in [6.45, 7) is 4.22. The van der Waals surface area contributed by atoms with Crippen LogP contribution in [0.25, 0.3) is 21.8 Å². The normalized spacial score (nSPS) is 10.3. The highest BCUT2D eigenvalue weighted by Gasteiger charge is 2.08. The Morgan fingerprint density at radius 2 is 0.906 bits per heavy atom. The van der Waals surface area contributed by atoms with Crippen LogP contribution in [0.1, 0.15) is 11.1 Å². The Hall–Kier alpha value is -3.34. The van der Waals surface area contributed by atoms with Crippen molar-refractivity contribution < 1.29 is 0 Å². The number of aromatic nitrogens is 2. The number of anilines is 4. The molecule has 2 aromatic heterocycles. The zero-order valence-electron chi connectivity index (χ0n) is 17.8. The molecule has 2 heterocycles. The van der Waals surface area contributed by atoms with Crippen molar-refractivity contribution in [2.24, 2.45) is 0 Å². The molecule has 0 saturated carbocycles. The summed E-state index contributed by atoms with van der Waals surface area (Å²) in [6.07, 6.45) is 0. The van der Waals surface area contributed by atoms with E-state index in [1.165, 1.54) is 21.9 Å². The summed E-state index contributed by atoms with van der Waals surface area (Å²) in [6, 6.07) is 28.7. The first kappa shape index (κ1) is 23.3. The number of nitrogens with one attached hydrogen (secondary N) is 2.